The highest BCUT2D eigenvalue weighted by atomic mass is 32.1. The molecule has 0 saturated carbocycles. The lowest BCUT2D eigenvalue weighted by Gasteiger charge is -2.26. The average molecular weight is 535 g/mol. The molecule has 0 fully saturated rings. The Bertz CT molecular complexity index is 1500. The van der Waals surface area contributed by atoms with Gasteiger partial charge in [0.15, 0.2) is 11.5 Å². The molecule has 1 aliphatic rings. The molecule has 196 valence electrons. The van der Waals surface area contributed by atoms with Gasteiger partial charge in [-0.3, -0.25) is 0 Å². The average Bonchev–Trinajstić information content (AvgIpc) is 3.50. The summed E-state index contributed by atoms with van der Waals surface area (Å²) in [4.78, 5) is 13.3. The second kappa shape index (κ2) is 10.3. The second-order valence-electron chi connectivity index (χ2n) is 8.69. The van der Waals surface area contributed by atoms with Crippen LogP contribution in [0, 0.1) is 0 Å². The number of cyclic esters (lactones) is 1. The fourth-order valence-corrected chi connectivity index (χ4v) is 5.14. The quantitative estimate of drug-likeness (QED) is 0.316. The molecule has 1 aliphatic heterocycles. The molecule has 4 aromatic rings. The Balaban J connectivity index is 1.63. The summed E-state index contributed by atoms with van der Waals surface area (Å²) in [6.45, 7) is 0. The maximum Gasteiger partial charge on any atom is 0.337 e. The standard InChI is InChI=1S/C28H26N2O7S/c1-33-19-8-6-18(7-9-19)28(32)21(12-17-14-24(34-2)26(36-4)25(15-17)35-3)20(27(31)37-28)11-16-5-10-22-23(13-16)30-38-29-22/h5-10,13-15,32H,11-12H2,1-4H3. The number of methoxy groups -OCH3 is 4. The van der Waals surface area contributed by atoms with Gasteiger partial charge in [0.1, 0.15) is 16.8 Å². The van der Waals surface area contributed by atoms with Gasteiger partial charge in [-0.25, -0.2) is 4.79 Å². The largest absolute Gasteiger partial charge is 0.497 e. The third-order valence-electron chi connectivity index (χ3n) is 6.55. The summed E-state index contributed by atoms with van der Waals surface area (Å²) in [5.41, 5.74) is 4.29. The van der Waals surface area contributed by atoms with Gasteiger partial charge in [-0.05, 0) is 59.7 Å². The maximum absolute atomic E-state index is 13.3. The number of carbonyl (C=O) groups excluding carboxylic acids is 1. The Morgan fingerprint density at radius 2 is 1.50 bits per heavy atom. The van der Waals surface area contributed by atoms with Gasteiger partial charge in [0.25, 0.3) is 5.79 Å². The molecular formula is C28H26N2O7S. The fraction of sp³-hybridized carbons (Fsp3) is 0.250. The summed E-state index contributed by atoms with van der Waals surface area (Å²) in [6, 6.07) is 16.0. The van der Waals surface area contributed by atoms with Gasteiger partial charge in [-0.1, -0.05) is 6.07 Å². The molecule has 0 bridgehead atoms. The van der Waals surface area contributed by atoms with E-state index in [2.05, 4.69) is 8.75 Å². The maximum atomic E-state index is 13.3. The molecule has 0 aliphatic carbocycles. The number of rotatable bonds is 9. The summed E-state index contributed by atoms with van der Waals surface area (Å²) in [7, 11) is 6.15. The predicted octanol–water partition coefficient (Wildman–Crippen LogP) is 4.21. The van der Waals surface area contributed by atoms with Gasteiger partial charge in [0.2, 0.25) is 5.75 Å². The Morgan fingerprint density at radius 1 is 0.816 bits per heavy atom. The summed E-state index contributed by atoms with van der Waals surface area (Å²) in [6.07, 6.45) is 0.422. The number of aliphatic hydroxyl groups is 1. The van der Waals surface area contributed by atoms with Gasteiger partial charge in [-0.15, -0.1) is 0 Å². The monoisotopic (exact) mass is 534 g/mol. The van der Waals surface area contributed by atoms with E-state index in [9.17, 15) is 9.90 Å². The van der Waals surface area contributed by atoms with Crippen molar-refractivity contribution in [1.29, 1.82) is 0 Å². The lowest BCUT2D eigenvalue weighted by atomic mass is 9.88. The van der Waals surface area contributed by atoms with Crippen molar-refractivity contribution in [1.82, 2.24) is 8.75 Å². The van der Waals surface area contributed by atoms with Crippen LogP contribution in [0.15, 0.2) is 65.7 Å². The first-order chi connectivity index (χ1) is 18.4. The summed E-state index contributed by atoms with van der Waals surface area (Å²) in [5, 5.41) is 11.9. The number of hydrogen-bond donors (Lipinski definition) is 1. The van der Waals surface area contributed by atoms with E-state index in [1.165, 1.54) is 21.3 Å². The van der Waals surface area contributed by atoms with Crippen LogP contribution in [-0.4, -0.2) is 48.3 Å². The number of nitrogens with zero attached hydrogens (tertiary/aromatic N) is 2. The van der Waals surface area contributed by atoms with E-state index in [-0.39, 0.29) is 12.8 Å². The molecule has 0 radical (unpaired) electrons. The van der Waals surface area contributed by atoms with E-state index in [1.807, 2.05) is 18.2 Å². The number of benzene rings is 3. The summed E-state index contributed by atoms with van der Waals surface area (Å²) < 4.78 is 36.0. The van der Waals surface area contributed by atoms with Crippen LogP contribution in [0.2, 0.25) is 0 Å². The first-order valence-corrected chi connectivity index (χ1v) is 12.5. The molecule has 1 atom stereocenters. The van der Waals surface area contributed by atoms with E-state index >= 15 is 0 Å². The highest BCUT2D eigenvalue weighted by molar-refractivity contribution is 7.00. The zero-order chi connectivity index (χ0) is 26.9. The van der Waals surface area contributed by atoms with Gasteiger partial charge in [0.05, 0.1) is 40.2 Å². The summed E-state index contributed by atoms with van der Waals surface area (Å²) >= 11 is 1.13. The lowest BCUT2D eigenvalue weighted by Crippen LogP contribution is -2.29. The number of ether oxygens (including phenoxy) is 5. The minimum absolute atomic E-state index is 0.181. The molecule has 0 saturated heterocycles. The zero-order valence-corrected chi connectivity index (χ0v) is 22.1. The molecule has 38 heavy (non-hydrogen) atoms. The van der Waals surface area contributed by atoms with Crippen molar-refractivity contribution in [3.63, 3.8) is 0 Å². The highest BCUT2D eigenvalue weighted by Gasteiger charge is 2.47. The Kier molecular flexibility index (Phi) is 6.92. The Hall–Kier alpha value is -4.15. The predicted molar refractivity (Wildman–Crippen MR) is 141 cm³/mol. The van der Waals surface area contributed by atoms with Crippen LogP contribution >= 0.6 is 11.7 Å². The number of fused-ring (bicyclic) bond motifs is 1. The number of aromatic nitrogens is 2. The van der Waals surface area contributed by atoms with Crippen molar-refractivity contribution in [2.45, 2.75) is 18.6 Å². The molecule has 1 unspecified atom stereocenters. The third kappa shape index (κ3) is 4.52. The van der Waals surface area contributed by atoms with Gasteiger partial charge in [-0.2, -0.15) is 8.75 Å². The number of esters is 1. The molecule has 10 heteroatoms. The van der Waals surface area contributed by atoms with Crippen LogP contribution in [0.25, 0.3) is 11.0 Å². The van der Waals surface area contributed by atoms with Crippen molar-refractivity contribution >= 4 is 28.7 Å². The first-order valence-electron chi connectivity index (χ1n) is 11.7. The van der Waals surface area contributed by atoms with Crippen molar-refractivity contribution in [3.05, 3.63) is 82.4 Å². The van der Waals surface area contributed by atoms with Crippen molar-refractivity contribution < 1.29 is 33.6 Å². The van der Waals surface area contributed by atoms with E-state index < -0.39 is 11.8 Å². The fourth-order valence-electron chi connectivity index (χ4n) is 4.62. The first kappa shape index (κ1) is 25.5. The van der Waals surface area contributed by atoms with E-state index in [0.717, 1.165) is 33.9 Å². The van der Waals surface area contributed by atoms with Crippen LogP contribution in [0.1, 0.15) is 16.7 Å². The zero-order valence-electron chi connectivity index (χ0n) is 21.3. The van der Waals surface area contributed by atoms with Crippen LogP contribution in [-0.2, 0) is 28.2 Å². The van der Waals surface area contributed by atoms with Gasteiger partial charge < -0.3 is 28.8 Å². The minimum Gasteiger partial charge on any atom is -0.497 e. The van der Waals surface area contributed by atoms with Crippen molar-refractivity contribution in [2.75, 3.05) is 28.4 Å². The van der Waals surface area contributed by atoms with Gasteiger partial charge >= 0.3 is 5.97 Å². The Morgan fingerprint density at radius 3 is 2.13 bits per heavy atom. The van der Waals surface area contributed by atoms with Crippen LogP contribution < -0.4 is 18.9 Å². The number of carbonyl (C=O) groups is 1. The second-order valence-corrected chi connectivity index (χ2v) is 9.22. The highest BCUT2D eigenvalue weighted by Crippen LogP contribution is 2.45. The smallest absolute Gasteiger partial charge is 0.337 e. The molecular weight excluding hydrogens is 508 g/mol. The van der Waals surface area contributed by atoms with Gasteiger partial charge in [0, 0.05) is 29.6 Å². The molecule has 0 spiro atoms. The molecule has 9 nitrogen and oxygen atoms in total. The minimum atomic E-state index is -1.98. The van der Waals surface area contributed by atoms with E-state index in [0.29, 0.717) is 39.7 Å². The SMILES string of the molecule is COc1ccc(C2(O)OC(=O)C(Cc3ccc4nsnc4c3)=C2Cc2cc(OC)c(OC)c(OC)c2)cc1. The number of hydrogen-bond acceptors (Lipinski definition) is 10. The lowest BCUT2D eigenvalue weighted by molar-refractivity contribution is -0.186. The molecule has 1 aromatic heterocycles. The normalized spacial score (nSPS) is 17.0. The molecule has 3 aromatic carbocycles. The topological polar surface area (TPSA) is 109 Å². The van der Waals surface area contributed by atoms with Crippen molar-refractivity contribution in [2.24, 2.45) is 0 Å². The molecule has 5 rings (SSSR count). The summed E-state index contributed by atoms with van der Waals surface area (Å²) in [5.74, 6) is -0.593. The van der Waals surface area contributed by atoms with E-state index in [4.69, 9.17) is 23.7 Å². The molecule has 0 amide bonds. The third-order valence-corrected chi connectivity index (χ3v) is 7.10. The van der Waals surface area contributed by atoms with Crippen molar-refractivity contribution in [3.8, 4) is 23.0 Å². The van der Waals surface area contributed by atoms with E-state index in [1.54, 1.807) is 43.5 Å². The van der Waals surface area contributed by atoms with Crippen LogP contribution in [0.3, 0.4) is 0 Å². The molecule has 1 N–H and O–H groups in total. The Labute approximate surface area is 223 Å². The molecule has 2 heterocycles. The van der Waals surface area contributed by atoms with Crippen LogP contribution in [0.5, 0.6) is 23.0 Å². The van der Waals surface area contributed by atoms with Crippen LogP contribution in [0.4, 0.5) is 0 Å².